The number of carbonyl (C=O) groups is 3. The molecule has 6 heteroatoms. The molecule has 0 saturated heterocycles. The van der Waals surface area contributed by atoms with Gasteiger partial charge in [0.05, 0.1) is 16.8 Å². The maximum atomic E-state index is 11.7. The van der Waals surface area contributed by atoms with Crippen LogP contribution in [-0.2, 0) is 0 Å². The highest BCUT2D eigenvalue weighted by atomic mass is 16.4. The van der Waals surface area contributed by atoms with Crippen LogP contribution in [0.2, 0.25) is 0 Å². The van der Waals surface area contributed by atoms with Crippen molar-refractivity contribution in [3.05, 3.63) is 29.3 Å². The lowest BCUT2D eigenvalue weighted by molar-refractivity contribution is 0.0693. The van der Waals surface area contributed by atoms with Crippen LogP contribution in [0, 0.1) is 0 Å². The maximum absolute atomic E-state index is 11.7. The molecule has 0 atom stereocenters. The van der Waals surface area contributed by atoms with Crippen LogP contribution in [0.1, 0.15) is 20.7 Å². The van der Waals surface area contributed by atoms with E-state index in [-0.39, 0.29) is 16.8 Å². The average Bonchev–Trinajstić information content (AvgIpc) is 2.44. The molecule has 1 heterocycles. The van der Waals surface area contributed by atoms with Crippen molar-refractivity contribution < 1.29 is 19.5 Å². The molecule has 0 spiro atoms. The van der Waals surface area contributed by atoms with Crippen LogP contribution in [-0.4, -0.2) is 35.0 Å². The minimum Gasteiger partial charge on any atom is -0.465 e. The molecule has 16 heavy (non-hydrogen) atoms. The standard InChI is InChI=1S/C10H8N2O4/c1-12-8(13)5-3-2-4-6(11-10(15)16)7(5)9(12)14/h2-4,11H,1H3,(H,15,16). The summed E-state index contributed by atoms with van der Waals surface area (Å²) in [6, 6.07) is 4.46. The number of nitrogens with one attached hydrogen (secondary N) is 1. The smallest absolute Gasteiger partial charge is 0.409 e. The second-order valence-electron chi connectivity index (χ2n) is 3.33. The van der Waals surface area contributed by atoms with Gasteiger partial charge in [-0.25, -0.2) is 4.79 Å². The number of amides is 3. The van der Waals surface area contributed by atoms with Crippen LogP contribution in [0.3, 0.4) is 0 Å². The molecule has 0 bridgehead atoms. The van der Waals surface area contributed by atoms with Crippen molar-refractivity contribution in [1.29, 1.82) is 0 Å². The van der Waals surface area contributed by atoms with Gasteiger partial charge < -0.3 is 5.11 Å². The molecule has 0 radical (unpaired) electrons. The lowest BCUT2D eigenvalue weighted by Gasteiger charge is -2.05. The summed E-state index contributed by atoms with van der Waals surface area (Å²) in [5, 5.41) is 10.7. The van der Waals surface area contributed by atoms with Gasteiger partial charge in [0.25, 0.3) is 11.8 Å². The zero-order valence-corrected chi connectivity index (χ0v) is 8.35. The average molecular weight is 220 g/mol. The van der Waals surface area contributed by atoms with Crippen LogP contribution in [0.25, 0.3) is 0 Å². The van der Waals surface area contributed by atoms with Crippen molar-refractivity contribution in [1.82, 2.24) is 4.90 Å². The van der Waals surface area contributed by atoms with E-state index in [0.717, 1.165) is 4.90 Å². The molecule has 0 fully saturated rings. The summed E-state index contributed by atoms with van der Waals surface area (Å²) < 4.78 is 0. The van der Waals surface area contributed by atoms with Crippen LogP contribution in [0.5, 0.6) is 0 Å². The Labute approximate surface area is 90.5 Å². The van der Waals surface area contributed by atoms with Crippen LogP contribution in [0.15, 0.2) is 18.2 Å². The first-order chi connectivity index (χ1) is 7.52. The highest BCUT2D eigenvalue weighted by Gasteiger charge is 2.35. The Morgan fingerprint density at radius 1 is 1.31 bits per heavy atom. The van der Waals surface area contributed by atoms with Crippen molar-refractivity contribution in [3.63, 3.8) is 0 Å². The van der Waals surface area contributed by atoms with E-state index < -0.39 is 17.9 Å². The highest BCUT2D eigenvalue weighted by Crippen LogP contribution is 2.28. The molecule has 3 amide bonds. The highest BCUT2D eigenvalue weighted by molar-refractivity contribution is 6.24. The zero-order valence-electron chi connectivity index (χ0n) is 8.35. The molecule has 1 aliphatic heterocycles. The largest absolute Gasteiger partial charge is 0.465 e. The molecule has 2 rings (SSSR count). The molecule has 1 aliphatic rings. The van der Waals surface area contributed by atoms with Gasteiger partial charge in [0.15, 0.2) is 0 Å². The lowest BCUT2D eigenvalue weighted by atomic mass is 10.1. The van der Waals surface area contributed by atoms with Gasteiger partial charge in [-0.15, -0.1) is 0 Å². The summed E-state index contributed by atoms with van der Waals surface area (Å²) in [6.45, 7) is 0. The number of carboxylic acid groups (broad SMARTS) is 1. The molecular weight excluding hydrogens is 212 g/mol. The van der Waals surface area contributed by atoms with Crippen LogP contribution in [0.4, 0.5) is 10.5 Å². The Hall–Kier alpha value is -2.37. The summed E-state index contributed by atoms with van der Waals surface area (Å²) >= 11 is 0. The Morgan fingerprint density at radius 2 is 2.00 bits per heavy atom. The number of hydrogen-bond donors (Lipinski definition) is 2. The van der Waals surface area contributed by atoms with E-state index in [2.05, 4.69) is 5.32 Å². The number of anilines is 1. The molecule has 82 valence electrons. The summed E-state index contributed by atoms with van der Waals surface area (Å²) in [6.07, 6.45) is -1.27. The van der Waals surface area contributed by atoms with E-state index >= 15 is 0 Å². The topological polar surface area (TPSA) is 86.7 Å². The predicted molar refractivity (Wildman–Crippen MR) is 54.5 cm³/mol. The molecule has 0 aromatic heterocycles. The van der Waals surface area contributed by atoms with Crippen LogP contribution >= 0.6 is 0 Å². The van der Waals surface area contributed by atoms with Crippen molar-refractivity contribution >= 4 is 23.6 Å². The molecule has 0 aliphatic carbocycles. The second-order valence-corrected chi connectivity index (χ2v) is 3.33. The molecule has 1 aromatic rings. The SMILES string of the molecule is CN1C(=O)c2cccc(NC(=O)O)c2C1=O. The third-order valence-electron chi connectivity index (χ3n) is 2.36. The first-order valence-corrected chi connectivity index (χ1v) is 4.47. The minimum atomic E-state index is -1.27. The number of hydrogen-bond acceptors (Lipinski definition) is 3. The summed E-state index contributed by atoms with van der Waals surface area (Å²) in [5.74, 6) is -0.918. The third-order valence-corrected chi connectivity index (χ3v) is 2.36. The summed E-state index contributed by atoms with van der Waals surface area (Å²) in [5.41, 5.74) is 0.462. The van der Waals surface area contributed by atoms with E-state index in [9.17, 15) is 14.4 Å². The monoisotopic (exact) mass is 220 g/mol. The molecule has 0 saturated carbocycles. The van der Waals surface area contributed by atoms with E-state index in [1.807, 2.05) is 0 Å². The minimum absolute atomic E-state index is 0.109. The number of nitrogens with zero attached hydrogens (tertiary/aromatic N) is 1. The van der Waals surface area contributed by atoms with Crippen LogP contribution < -0.4 is 5.32 Å². The van der Waals surface area contributed by atoms with Gasteiger partial charge in [0.2, 0.25) is 0 Å². The van der Waals surface area contributed by atoms with E-state index in [1.165, 1.54) is 25.2 Å². The van der Waals surface area contributed by atoms with Gasteiger partial charge >= 0.3 is 6.09 Å². The Bertz CT molecular complexity index is 510. The quantitative estimate of drug-likeness (QED) is 0.691. The van der Waals surface area contributed by atoms with Gasteiger partial charge in [0, 0.05) is 7.05 Å². The maximum Gasteiger partial charge on any atom is 0.409 e. The predicted octanol–water partition coefficient (Wildman–Crippen LogP) is 1.00. The molecule has 0 unspecified atom stereocenters. The number of benzene rings is 1. The fraction of sp³-hybridized carbons (Fsp3) is 0.100. The van der Waals surface area contributed by atoms with E-state index in [0.29, 0.717) is 0 Å². The van der Waals surface area contributed by atoms with E-state index in [4.69, 9.17) is 5.11 Å². The van der Waals surface area contributed by atoms with Crippen molar-refractivity contribution in [2.24, 2.45) is 0 Å². The molecular formula is C10H8N2O4. The van der Waals surface area contributed by atoms with Gasteiger partial charge in [-0.1, -0.05) is 6.07 Å². The lowest BCUT2D eigenvalue weighted by Crippen LogP contribution is -2.24. The third kappa shape index (κ3) is 1.31. The number of imide groups is 1. The van der Waals surface area contributed by atoms with Crippen molar-refractivity contribution in [2.75, 3.05) is 12.4 Å². The molecule has 6 nitrogen and oxygen atoms in total. The summed E-state index contributed by atoms with van der Waals surface area (Å²) in [7, 11) is 1.36. The Morgan fingerprint density at radius 3 is 2.62 bits per heavy atom. The number of carbonyl (C=O) groups excluding carboxylic acids is 2. The van der Waals surface area contributed by atoms with Gasteiger partial charge in [-0.2, -0.15) is 0 Å². The normalized spacial score (nSPS) is 13.9. The Kier molecular flexibility index (Phi) is 2.12. The summed E-state index contributed by atoms with van der Waals surface area (Å²) in [4.78, 5) is 34.7. The number of rotatable bonds is 1. The first-order valence-electron chi connectivity index (χ1n) is 4.47. The van der Waals surface area contributed by atoms with Gasteiger partial charge in [-0.05, 0) is 12.1 Å². The fourth-order valence-electron chi connectivity index (χ4n) is 1.62. The first kappa shape index (κ1) is 10.2. The Balaban J connectivity index is 2.58. The second kappa shape index (κ2) is 3.34. The van der Waals surface area contributed by atoms with Crippen molar-refractivity contribution in [2.45, 2.75) is 0 Å². The number of fused-ring (bicyclic) bond motifs is 1. The van der Waals surface area contributed by atoms with E-state index in [1.54, 1.807) is 0 Å². The van der Waals surface area contributed by atoms with Gasteiger partial charge in [-0.3, -0.25) is 19.8 Å². The molecule has 1 aromatic carbocycles. The van der Waals surface area contributed by atoms with Crippen molar-refractivity contribution in [3.8, 4) is 0 Å². The molecule has 2 N–H and O–H groups in total. The fourth-order valence-corrected chi connectivity index (χ4v) is 1.62. The van der Waals surface area contributed by atoms with Gasteiger partial charge in [0.1, 0.15) is 0 Å². The zero-order chi connectivity index (χ0) is 11.9.